The van der Waals surface area contributed by atoms with E-state index < -0.39 is 0 Å². The van der Waals surface area contributed by atoms with Gasteiger partial charge in [-0.15, -0.1) is 12.4 Å². The molecule has 0 spiro atoms. The molecule has 0 saturated heterocycles. The Hall–Kier alpha value is -0.640. The molecule has 0 unspecified atom stereocenters. The van der Waals surface area contributed by atoms with Crippen molar-refractivity contribution < 1.29 is 4.84 Å². The van der Waals surface area contributed by atoms with Crippen LogP contribution in [0.1, 0.15) is 5.56 Å². The number of rotatable bonds is 2. The van der Waals surface area contributed by atoms with Gasteiger partial charge < -0.3 is 0 Å². The molecule has 0 aliphatic heterocycles. The fourth-order valence-corrected chi connectivity index (χ4v) is 0.580. The zero-order valence-corrected chi connectivity index (χ0v) is 6.17. The van der Waals surface area contributed by atoms with Gasteiger partial charge in [0.15, 0.2) is 0 Å². The minimum atomic E-state index is 0. The average Bonchev–Trinajstić information content (AvgIpc) is 1.91. The Balaban J connectivity index is 0.000000810. The van der Waals surface area contributed by atoms with Gasteiger partial charge in [-0.3, -0.25) is 9.82 Å². The van der Waals surface area contributed by atoms with Crippen LogP contribution >= 0.6 is 12.4 Å². The Morgan fingerprint density at radius 1 is 1.60 bits per heavy atom. The zero-order valence-electron chi connectivity index (χ0n) is 5.36. The molecule has 0 atom stereocenters. The van der Waals surface area contributed by atoms with Crippen molar-refractivity contribution in [3.05, 3.63) is 30.1 Å². The lowest BCUT2D eigenvalue weighted by atomic mass is 10.3. The minimum Gasteiger partial charge on any atom is -0.300 e. The SMILES string of the molecule is Cl.NOCc1cccnc1. The fourth-order valence-electron chi connectivity index (χ4n) is 0.580. The predicted molar refractivity (Wildman–Crippen MR) is 40.5 cm³/mol. The lowest BCUT2D eigenvalue weighted by Crippen LogP contribution is -1.98. The molecule has 56 valence electrons. The van der Waals surface area contributed by atoms with Crippen molar-refractivity contribution in [3.8, 4) is 0 Å². The molecule has 0 aliphatic rings. The summed E-state index contributed by atoms with van der Waals surface area (Å²) in [5.74, 6) is 4.83. The quantitative estimate of drug-likeness (QED) is 0.654. The number of nitrogens with two attached hydrogens (primary N) is 1. The van der Waals surface area contributed by atoms with E-state index in [1.54, 1.807) is 12.4 Å². The van der Waals surface area contributed by atoms with E-state index >= 15 is 0 Å². The smallest absolute Gasteiger partial charge is 0.0944 e. The van der Waals surface area contributed by atoms with E-state index in [4.69, 9.17) is 5.90 Å². The maximum Gasteiger partial charge on any atom is 0.0944 e. The first kappa shape index (κ1) is 9.36. The minimum absolute atomic E-state index is 0. The highest BCUT2D eigenvalue weighted by Gasteiger charge is 1.86. The summed E-state index contributed by atoms with van der Waals surface area (Å²) in [6, 6.07) is 3.74. The van der Waals surface area contributed by atoms with Gasteiger partial charge >= 0.3 is 0 Å². The van der Waals surface area contributed by atoms with Crippen molar-refractivity contribution >= 4 is 12.4 Å². The first-order valence-corrected chi connectivity index (χ1v) is 2.64. The van der Waals surface area contributed by atoms with Crippen molar-refractivity contribution in [2.45, 2.75) is 6.61 Å². The molecule has 0 radical (unpaired) electrons. The van der Waals surface area contributed by atoms with Crippen molar-refractivity contribution in [2.75, 3.05) is 0 Å². The predicted octanol–water partition coefficient (Wildman–Crippen LogP) is 0.894. The van der Waals surface area contributed by atoms with Crippen LogP contribution in [-0.4, -0.2) is 4.98 Å². The van der Waals surface area contributed by atoms with Crippen LogP contribution in [-0.2, 0) is 11.4 Å². The summed E-state index contributed by atoms with van der Waals surface area (Å²) in [6.45, 7) is 0.424. The van der Waals surface area contributed by atoms with Crippen molar-refractivity contribution in [1.82, 2.24) is 4.98 Å². The molecule has 10 heavy (non-hydrogen) atoms. The molecule has 2 N–H and O–H groups in total. The Morgan fingerprint density at radius 2 is 2.40 bits per heavy atom. The highest BCUT2D eigenvalue weighted by Crippen LogP contribution is 1.94. The van der Waals surface area contributed by atoms with E-state index in [2.05, 4.69) is 9.82 Å². The summed E-state index contributed by atoms with van der Waals surface area (Å²) in [4.78, 5) is 8.26. The highest BCUT2D eigenvalue weighted by molar-refractivity contribution is 5.85. The largest absolute Gasteiger partial charge is 0.300 e. The molecular weight excluding hydrogens is 152 g/mol. The fraction of sp³-hybridized carbons (Fsp3) is 0.167. The van der Waals surface area contributed by atoms with Crippen LogP contribution < -0.4 is 5.90 Å². The van der Waals surface area contributed by atoms with Gasteiger partial charge in [0.05, 0.1) is 6.61 Å². The van der Waals surface area contributed by atoms with Crippen LogP contribution in [0.15, 0.2) is 24.5 Å². The first-order chi connectivity index (χ1) is 4.43. The summed E-state index contributed by atoms with van der Waals surface area (Å²) < 4.78 is 0. The third-order valence-corrected chi connectivity index (χ3v) is 0.973. The number of aromatic nitrogens is 1. The molecular formula is C6H9ClN2O. The number of nitrogens with zero attached hydrogens (tertiary/aromatic N) is 1. The van der Waals surface area contributed by atoms with Gasteiger partial charge in [-0.2, -0.15) is 0 Å². The molecule has 0 saturated carbocycles. The van der Waals surface area contributed by atoms with E-state index in [1.807, 2.05) is 12.1 Å². The Morgan fingerprint density at radius 3 is 2.90 bits per heavy atom. The third kappa shape index (κ3) is 2.77. The maximum absolute atomic E-state index is 4.83. The molecule has 1 aromatic rings. The number of hydrogen-bond donors (Lipinski definition) is 1. The normalized spacial score (nSPS) is 8.50. The van der Waals surface area contributed by atoms with Crippen molar-refractivity contribution in [1.29, 1.82) is 0 Å². The second-order valence-corrected chi connectivity index (χ2v) is 1.67. The number of halogens is 1. The van der Waals surface area contributed by atoms with Gasteiger partial charge in [-0.05, 0) is 11.6 Å². The van der Waals surface area contributed by atoms with Crippen LogP contribution in [0.25, 0.3) is 0 Å². The zero-order chi connectivity index (χ0) is 6.53. The third-order valence-electron chi connectivity index (χ3n) is 0.973. The molecule has 1 heterocycles. The topological polar surface area (TPSA) is 48.1 Å². The molecule has 0 amide bonds. The van der Waals surface area contributed by atoms with Crippen LogP contribution in [0.4, 0.5) is 0 Å². The second kappa shape index (κ2) is 5.17. The van der Waals surface area contributed by atoms with Gasteiger partial charge in [0.25, 0.3) is 0 Å². The molecule has 0 bridgehead atoms. The Kier molecular flexibility index (Phi) is 4.84. The molecule has 4 heteroatoms. The summed E-state index contributed by atoms with van der Waals surface area (Å²) in [5, 5.41) is 0. The first-order valence-electron chi connectivity index (χ1n) is 2.64. The molecule has 0 aliphatic carbocycles. The Labute approximate surface area is 65.6 Å². The standard InChI is InChI=1S/C6H8N2O.ClH/c7-9-5-6-2-1-3-8-4-6;/h1-4H,5,7H2;1H. The van der Waals surface area contributed by atoms with E-state index in [0.717, 1.165) is 5.56 Å². The second-order valence-electron chi connectivity index (χ2n) is 1.67. The number of pyridine rings is 1. The summed E-state index contributed by atoms with van der Waals surface area (Å²) in [7, 11) is 0. The van der Waals surface area contributed by atoms with Crippen LogP contribution in [0.3, 0.4) is 0 Å². The number of hydrogen-bond acceptors (Lipinski definition) is 3. The van der Waals surface area contributed by atoms with Crippen molar-refractivity contribution in [2.24, 2.45) is 5.90 Å². The van der Waals surface area contributed by atoms with Crippen LogP contribution in [0, 0.1) is 0 Å². The van der Waals surface area contributed by atoms with Gasteiger partial charge in [0.2, 0.25) is 0 Å². The lowest BCUT2D eigenvalue weighted by molar-refractivity contribution is 0.124. The van der Waals surface area contributed by atoms with Crippen LogP contribution in [0.2, 0.25) is 0 Å². The molecule has 3 nitrogen and oxygen atoms in total. The van der Waals surface area contributed by atoms with Gasteiger partial charge in [0, 0.05) is 12.4 Å². The monoisotopic (exact) mass is 160 g/mol. The highest BCUT2D eigenvalue weighted by atomic mass is 35.5. The Bertz CT molecular complexity index is 169. The van der Waals surface area contributed by atoms with E-state index in [9.17, 15) is 0 Å². The van der Waals surface area contributed by atoms with Crippen molar-refractivity contribution in [3.63, 3.8) is 0 Å². The molecule has 0 fully saturated rings. The molecule has 1 aromatic heterocycles. The lowest BCUT2D eigenvalue weighted by Gasteiger charge is -1.94. The summed E-state index contributed by atoms with van der Waals surface area (Å²) >= 11 is 0. The van der Waals surface area contributed by atoms with Gasteiger partial charge in [0.1, 0.15) is 0 Å². The van der Waals surface area contributed by atoms with Crippen LogP contribution in [0.5, 0.6) is 0 Å². The molecule has 1 rings (SSSR count). The average molecular weight is 161 g/mol. The molecule has 0 aromatic carbocycles. The maximum atomic E-state index is 4.83. The van der Waals surface area contributed by atoms with E-state index in [-0.39, 0.29) is 12.4 Å². The summed E-state index contributed by atoms with van der Waals surface area (Å²) in [6.07, 6.45) is 3.42. The summed E-state index contributed by atoms with van der Waals surface area (Å²) in [5.41, 5.74) is 0.986. The van der Waals surface area contributed by atoms with E-state index in [0.29, 0.717) is 6.61 Å². The van der Waals surface area contributed by atoms with Gasteiger partial charge in [-0.1, -0.05) is 6.07 Å². The van der Waals surface area contributed by atoms with E-state index in [1.165, 1.54) is 0 Å². The van der Waals surface area contributed by atoms with Gasteiger partial charge in [-0.25, -0.2) is 5.90 Å².